The molecule has 1 aromatic rings. The van der Waals surface area contributed by atoms with Gasteiger partial charge in [-0.15, -0.1) is 0 Å². The molecule has 1 amide bonds. The van der Waals surface area contributed by atoms with Gasteiger partial charge in [0, 0.05) is 26.1 Å². The highest BCUT2D eigenvalue weighted by atomic mass is 32.2. The van der Waals surface area contributed by atoms with Crippen LogP contribution in [0.5, 0.6) is 0 Å². The molecule has 1 atom stereocenters. The van der Waals surface area contributed by atoms with Crippen LogP contribution >= 0.6 is 0 Å². The molecule has 2 rings (SSSR count). The molecule has 1 aliphatic rings. The van der Waals surface area contributed by atoms with Gasteiger partial charge in [0.25, 0.3) is 0 Å². The minimum atomic E-state index is -3.23. The molecule has 5 nitrogen and oxygen atoms in total. The number of carbonyl (C=O) groups is 1. The van der Waals surface area contributed by atoms with Crippen LogP contribution in [-0.4, -0.2) is 38.6 Å². The van der Waals surface area contributed by atoms with Crippen molar-refractivity contribution >= 4 is 15.9 Å². The number of halogens is 1. The summed E-state index contributed by atoms with van der Waals surface area (Å²) in [5.74, 6) is -0.330. The zero-order chi connectivity index (χ0) is 14.8. The maximum atomic E-state index is 12.8. The van der Waals surface area contributed by atoms with E-state index in [4.69, 9.17) is 0 Å². The highest BCUT2D eigenvalue weighted by molar-refractivity contribution is 7.88. The van der Waals surface area contributed by atoms with Gasteiger partial charge in [-0.3, -0.25) is 4.79 Å². The van der Waals surface area contributed by atoms with Crippen molar-refractivity contribution in [3.8, 4) is 0 Å². The van der Waals surface area contributed by atoms with Gasteiger partial charge < -0.3 is 4.90 Å². The lowest BCUT2D eigenvalue weighted by Gasteiger charge is -2.16. The summed E-state index contributed by atoms with van der Waals surface area (Å²) in [5.41, 5.74) is 0.858. The summed E-state index contributed by atoms with van der Waals surface area (Å²) in [6, 6.07) is 6.01. The third kappa shape index (κ3) is 4.28. The molecule has 20 heavy (non-hydrogen) atoms. The van der Waals surface area contributed by atoms with Crippen LogP contribution in [0.2, 0.25) is 0 Å². The van der Waals surface area contributed by atoms with Crippen LogP contribution in [0.3, 0.4) is 0 Å². The Labute approximate surface area is 117 Å². The monoisotopic (exact) mass is 300 g/mol. The maximum Gasteiger partial charge on any atom is 0.223 e. The van der Waals surface area contributed by atoms with E-state index in [9.17, 15) is 17.6 Å². The van der Waals surface area contributed by atoms with Crippen LogP contribution in [0.1, 0.15) is 12.0 Å². The molecule has 0 unspecified atom stereocenters. The number of hydrogen-bond acceptors (Lipinski definition) is 3. The molecule has 110 valence electrons. The molecule has 7 heteroatoms. The molecule has 1 saturated heterocycles. The van der Waals surface area contributed by atoms with E-state index in [2.05, 4.69) is 4.72 Å². The smallest absolute Gasteiger partial charge is 0.223 e. The van der Waals surface area contributed by atoms with Gasteiger partial charge in [-0.2, -0.15) is 0 Å². The molecule has 0 spiro atoms. The second-order valence-corrected chi connectivity index (χ2v) is 6.92. The fraction of sp³-hybridized carbons (Fsp3) is 0.462. The lowest BCUT2D eigenvalue weighted by molar-refractivity contribution is -0.128. The van der Waals surface area contributed by atoms with Crippen molar-refractivity contribution in [1.82, 2.24) is 9.62 Å². The topological polar surface area (TPSA) is 66.5 Å². The van der Waals surface area contributed by atoms with Crippen molar-refractivity contribution in [2.75, 3.05) is 19.3 Å². The van der Waals surface area contributed by atoms with E-state index in [0.717, 1.165) is 11.8 Å². The van der Waals surface area contributed by atoms with Crippen LogP contribution in [0, 0.1) is 11.7 Å². The van der Waals surface area contributed by atoms with Gasteiger partial charge >= 0.3 is 0 Å². The average Bonchev–Trinajstić information content (AvgIpc) is 2.70. The molecule has 1 heterocycles. The van der Waals surface area contributed by atoms with E-state index in [0.29, 0.717) is 19.5 Å². The highest BCUT2D eigenvalue weighted by Gasteiger charge is 2.29. The second-order valence-electron chi connectivity index (χ2n) is 5.09. The third-order valence-corrected chi connectivity index (χ3v) is 3.91. The second kappa shape index (κ2) is 5.88. The van der Waals surface area contributed by atoms with E-state index in [1.165, 1.54) is 12.1 Å². The number of amides is 1. The lowest BCUT2D eigenvalue weighted by atomic mass is 10.1. The average molecular weight is 300 g/mol. The Balaban J connectivity index is 1.91. The molecule has 1 N–H and O–H groups in total. The molecule has 0 aromatic heterocycles. The van der Waals surface area contributed by atoms with Gasteiger partial charge in [-0.25, -0.2) is 17.5 Å². The predicted molar refractivity (Wildman–Crippen MR) is 72.8 cm³/mol. The van der Waals surface area contributed by atoms with E-state index in [-0.39, 0.29) is 24.2 Å². The highest BCUT2D eigenvalue weighted by Crippen LogP contribution is 2.19. The Morgan fingerprint density at radius 1 is 1.35 bits per heavy atom. The Morgan fingerprint density at radius 2 is 2.00 bits per heavy atom. The fourth-order valence-electron chi connectivity index (χ4n) is 2.22. The Bertz CT molecular complexity index is 586. The normalized spacial score (nSPS) is 19.6. The van der Waals surface area contributed by atoms with Crippen molar-refractivity contribution in [3.63, 3.8) is 0 Å². The van der Waals surface area contributed by atoms with Gasteiger partial charge in [0.05, 0.1) is 6.26 Å². The summed E-state index contributed by atoms with van der Waals surface area (Å²) in [4.78, 5) is 13.5. The molecule has 1 fully saturated rings. The van der Waals surface area contributed by atoms with E-state index >= 15 is 0 Å². The van der Waals surface area contributed by atoms with Gasteiger partial charge in [0.2, 0.25) is 15.9 Å². The first-order valence-corrected chi connectivity index (χ1v) is 8.19. The lowest BCUT2D eigenvalue weighted by Crippen LogP contribution is -2.30. The van der Waals surface area contributed by atoms with Crippen LogP contribution in [0.25, 0.3) is 0 Å². The van der Waals surface area contributed by atoms with Crippen LogP contribution in [0.4, 0.5) is 4.39 Å². The van der Waals surface area contributed by atoms with Gasteiger partial charge in [0.15, 0.2) is 0 Å². The van der Waals surface area contributed by atoms with Crippen molar-refractivity contribution in [3.05, 3.63) is 35.6 Å². The van der Waals surface area contributed by atoms with E-state index < -0.39 is 10.0 Å². The summed E-state index contributed by atoms with van der Waals surface area (Å²) in [7, 11) is -3.23. The molecule has 1 aliphatic heterocycles. The predicted octanol–water partition coefficient (Wildman–Crippen LogP) is 0.723. The molecular formula is C13H17FN2O3S. The molecule has 0 saturated carbocycles. The minimum absolute atomic E-state index is 0.00498. The minimum Gasteiger partial charge on any atom is -0.338 e. The van der Waals surface area contributed by atoms with Gasteiger partial charge in [0.1, 0.15) is 5.82 Å². The number of nitrogens with one attached hydrogen (secondary N) is 1. The first-order chi connectivity index (χ1) is 9.33. The van der Waals surface area contributed by atoms with Crippen LogP contribution in [0.15, 0.2) is 24.3 Å². The standard InChI is InChI=1S/C13H17FN2O3S/c1-20(18,19)15-7-11-6-13(17)16(9-11)8-10-2-4-12(14)5-3-10/h2-5,11,15H,6-9H2,1H3/t11-/m0/s1. The molecule has 0 aliphatic carbocycles. The molecule has 0 bridgehead atoms. The van der Waals surface area contributed by atoms with Gasteiger partial charge in [-0.1, -0.05) is 12.1 Å². The number of nitrogens with zero attached hydrogens (tertiary/aromatic N) is 1. The summed E-state index contributed by atoms with van der Waals surface area (Å²) in [6.07, 6.45) is 1.43. The van der Waals surface area contributed by atoms with Crippen molar-refractivity contribution in [2.45, 2.75) is 13.0 Å². The summed E-state index contributed by atoms with van der Waals surface area (Å²) >= 11 is 0. The number of carbonyl (C=O) groups excluding carboxylic acids is 1. The molecule has 1 aromatic carbocycles. The van der Waals surface area contributed by atoms with Crippen LogP contribution < -0.4 is 4.72 Å². The number of rotatable bonds is 5. The number of hydrogen-bond donors (Lipinski definition) is 1. The maximum absolute atomic E-state index is 12.8. The van der Waals surface area contributed by atoms with E-state index in [1.807, 2.05) is 0 Å². The first kappa shape index (κ1) is 14.9. The van der Waals surface area contributed by atoms with Crippen molar-refractivity contribution in [2.24, 2.45) is 5.92 Å². The zero-order valence-electron chi connectivity index (χ0n) is 11.2. The number of sulfonamides is 1. The quantitative estimate of drug-likeness (QED) is 0.871. The van der Waals surface area contributed by atoms with Crippen molar-refractivity contribution < 1.29 is 17.6 Å². The third-order valence-electron chi connectivity index (χ3n) is 3.22. The summed E-state index contributed by atoms with van der Waals surface area (Å²) in [6.45, 7) is 1.21. The van der Waals surface area contributed by atoms with E-state index in [1.54, 1.807) is 17.0 Å². The Kier molecular flexibility index (Phi) is 4.39. The Morgan fingerprint density at radius 3 is 2.60 bits per heavy atom. The number of benzene rings is 1. The largest absolute Gasteiger partial charge is 0.338 e. The summed E-state index contributed by atoms with van der Waals surface area (Å²) in [5, 5.41) is 0. The zero-order valence-corrected chi connectivity index (χ0v) is 12.0. The molecule has 0 radical (unpaired) electrons. The Hall–Kier alpha value is -1.47. The van der Waals surface area contributed by atoms with Crippen molar-refractivity contribution in [1.29, 1.82) is 0 Å². The SMILES string of the molecule is CS(=O)(=O)NC[C@@H]1CC(=O)N(Cc2ccc(F)cc2)C1. The number of likely N-dealkylation sites (tertiary alicyclic amines) is 1. The first-order valence-electron chi connectivity index (χ1n) is 6.30. The summed E-state index contributed by atoms with van der Waals surface area (Å²) < 4.78 is 37.3. The fourth-order valence-corrected chi connectivity index (χ4v) is 2.76. The van der Waals surface area contributed by atoms with Gasteiger partial charge in [-0.05, 0) is 23.6 Å². The molecular weight excluding hydrogens is 283 g/mol. The van der Waals surface area contributed by atoms with Crippen LogP contribution in [-0.2, 0) is 21.4 Å².